The van der Waals surface area contributed by atoms with Gasteiger partial charge >= 0.3 is 0 Å². The number of aliphatic hydroxyl groups excluding tert-OH is 1. The molecule has 0 radical (unpaired) electrons. The van der Waals surface area contributed by atoms with Crippen LogP contribution in [0.3, 0.4) is 0 Å². The summed E-state index contributed by atoms with van der Waals surface area (Å²) in [7, 11) is 1.59. The largest absolute Gasteiger partial charge is 0.395 e. The lowest BCUT2D eigenvalue weighted by molar-refractivity contribution is -0.131. The fourth-order valence-corrected chi connectivity index (χ4v) is 1.95. The molecule has 0 aliphatic carbocycles. The second-order valence-corrected chi connectivity index (χ2v) is 4.60. The molecule has 6 heteroatoms. The van der Waals surface area contributed by atoms with Crippen molar-refractivity contribution < 1.29 is 14.7 Å². The molecule has 1 aromatic rings. The second-order valence-electron chi connectivity index (χ2n) is 3.66. The maximum absolute atomic E-state index is 11.7. The maximum atomic E-state index is 11.7. The standard InChI is InChI=1S/C11H16N2O3S/c1-8(11(16)13(2)5-6-14)12-10(15)9-4-3-7-17-9/h3-4,7-8,14H,5-6H2,1-2H3,(H,12,15). The molecule has 1 aromatic heterocycles. The zero-order valence-electron chi connectivity index (χ0n) is 9.84. The third-order valence-corrected chi connectivity index (χ3v) is 3.14. The number of hydrogen-bond donors (Lipinski definition) is 2. The highest BCUT2D eigenvalue weighted by Gasteiger charge is 2.19. The maximum Gasteiger partial charge on any atom is 0.261 e. The third-order valence-electron chi connectivity index (χ3n) is 2.27. The van der Waals surface area contributed by atoms with Gasteiger partial charge in [0.25, 0.3) is 5.91 Å². The molecule has 1 atom stereocenters. The van der Waals surface area contributed by atoms with Gasteiger partial charge in [-0.25, -0.2) is 0 Å². The van der Waals surface area contributed by atoms with E-state index in [0.29, 0.717) is 4.88 Å². The number of carbonyl (C=O) groups excluding carboxylic acids is 2. The van der Waals surface area contributed by atoms with Crippen molar-refractivity contribution in [1.82, 2.24) is 10.2 Å². The molecule has 1 rings (SSSR count). The summed E-state index contributed by atoms with van der Waals surface area (Å²) in [6, 6.07) is 2.89. The molecular weight excluding hydrogens is 240 g/mol. The minimum Gasteiger partial charge on any atom is -0.395 e. The highest BCUT2D eigenvalue weighted by Crippen LogP contribution is 2.08. The van der Waals surface area contributed by atoms with E-state index in [2.05, 4.69) is 5.32 Å². The van der Waals surface area contributed by atoms with Crippen LogP contribution in [0.2, 0.25) is 0 Å². The molecule has 0 fully saturated rings. The minimum absolute atomic E-state index is 0.0895. The molecule has 1 unspecified atom stereocenters. The van der Waals surface area contributed by atoms with Crippen molar-refractivity contribution in [2.45, 2.75) is 13.0 Å². The lowest BCUT2D eigenvalue weighted by Crippen LogP contribution is -2.46. The van der Waals surface area contributed by atoms with Gasteiger partial charge < -0.3 is 15.3 Å². The van der Waals surface area contributed by atoms with Gasteiger partial charge in [0.05, 0.1) is 11.5 Å². The summed E-state index contributed by atoms with van der Waals surface area (Å²) in [5.74, 6) is -0.470. The Balaban J connectivity index is 2.51. The zero-order chi connectivity index (χ0) is 12.8. The summed E-state index contributed by atoms with van der Waals surface area (Å²) >= 11 is 1.33. The Labute approximate surface area is 104 Å². The first-order chi connectivity index (χ1) is 8.06. The Bertz CT molecular complexity index is 378. The summed E-state index contributed by atoms with van der Waals surface area (Å²) < 4.78 is 0. The Kier molecular flexibility index (Phi) is 5.11. The predicted molar refractivity (Wildman–Crippen MR) is 66.0 cm³/mol. The fourth-order valence-electron chi connectivity index (χ4n) is 1.33. The van der Waals surface area contributed by atoms with E-state index in [1.165, 1.54) is 16.2 Å². The molecule has 0 aliphatic rings. The number of nitrogens with one attached hydrogen (secondary N) is 1. The van der Waals surface area contributed by atoms with Gasteiger partial charge in [0.15, 0.2) is 0 Å². The fraction of sp³-hybridized carbons (Fsp3) is 0.455. The van der Waals surface area contributed by atoms with Gasteiger partial charge in [-0.1, -0.05) is 6.07 Å². The summed E-state index contributed by atoms with van der Waals surface area (Å²) in [4.78, 5) is 25.4. The molecule has 1 heterocycles. The minimum atomic E-state index is -0.596. The topological polar surface area (TPSA) is 69.6 Å². The Morgan fingerprint density at radius 2 is 2.29 bits per heavy atom. The molecule has 5 nitrogen and oxygen atoms in total. The van der Waals surface area contributed by atoms with Gasteiger partial charge in [-0.15, -0.1) is 11.3 Å². The number of hydrogen-bond acceptors (Lipinski definition) is 4. The van der Waals surface area contributed by atoms with E-state index in [4.69, 9.17) is 5.11 Å². The first-order valence-electron chi connectivity index (χ1n) is 5.26. The number of aliphatic hydroxyl groups is 1. The van der Waals surface area contributed by atoms with Crippen LogP contribution in [0.15, 0.2) is 17.5 Å². The lowest BCUT2D eigenvalue weighted by Gasteiger charge is -2.20. The van der Waals surface area contributed by atoms with Gasteiger partial charge in [0, 0.05) is 13.6 Å². The Morgan fingerprint density at radius 1 is 1.59 bits per heavy atom. The molecule has 0 bridgehead atoms. The van der Waals surface area contributed by atoms with Gasteiger partial charge in [-0.3, -0.25) is 9.59 Å². The van der Waals surface area contributed by atoms with Crippen LogP contribution in [0.4, 0.5) is 0 Å². The highest BCUT2D eigenvalue weighted by molar-refractivity contribution is 7.12. The molecule has 2 amide bonds. The number of amides is 2. The Morgan fingerprint density at radius 3 is 2.82 bits per heavy atom. The molecule has 0 saturated heterocycles. The van der Waals surface area contributed by atoms with Gasteiger partial charge in [-0.05, 0) is 18.4 Å². The zero-order valence-corrected chi connectivity index (χ0v) is 10.7. The van der Waals surface area contributed by atoms with Crippen molar-refractivity contribution in [1.29, 1.82) is 0 Å². The van der Waals surface area contributed by atoms with Crippen molar-refractivity contribution in [3.63, 3.8) is 0 Å². The van der Waals surface area contributed by atoms with Gasteiger partial charge in [0.1, 0.15) is 6.04 Å². The van der Waals surface area contributed by atoms with E-state index >= 15 is 0 Å². The van der Waals surface area contributed by atoms with E-state index in [9.17, 15) is 9.59 Å². The third kappa shape index (κ3) is 3.83. The van der Waals surface area contributed by atoms with Crippen molar-refractivity contribution in [2.24, 2.45) is 0 Å². The lowest BCUT2D eigenvalue weighted by atomic mass is 10.3. The molecule has 17 heavy (non-hydrogen) atoms. The molecule has 0 spiro atoms. The van der Waals surface area contributed by atoms with Crippen molar-refractivity contribution >= 4 is 23.2 Å². The monoisotopic (exact) mass is 256 g/mol. The number of thiophene rings is 1. The van der Waals surface area contributed by atoms with Crippen LogP contribution in [0.5, 0.6) is 0 Å². The van der Waals surface area contributed by atoms with E-state index in [0.717, 1.165) is 0 Å². The quantitative estimate of drug-likeness (QED) is 0.797. The van der Waals surface area contributed by atoms with Crippen molar-refractivity contribution in [3.8, 4) is 0 Å². The molecule has 0 aliphatic heterocycles. The normalized spacial score (nSPS) is 11.9. The molecule has 0 saturated carbocycles. The first kappa shape index (κ1) is 13.7. The molecule has 2 N–H and O–H groups in total. The van der Waals surface area contributed by atoms with E-state index in [1.54, 1.807) is 31.5 Å². The summed E-state index contributed by atoms with van der Waals surface area (Å²) in [6.45, 7) is 1.80. The summed E-state index contributed by atoms with van der Waals surface area (Å²) in [6.07, 6.45) is 0. The van der Waals surface area contributed by atoms with Crippen LogP contribution in [-0.4, -0.2) is 48.1 Å². The van der Waals surface area contributed by atoms with Gasteiger partial charge in [-0.2, -0.15) is 0 Å². The average molecular weight is 256 g/mol. The first-order valence-corrected chi connectivity index (χ1v) is 6.14. The van der Waals surface area contributed by atoms with Crippen LogP contribution in [-0.2, 0) is 4.79 Å². The summed E-state index contributed by atoms with van der Waals surface area (Å²) in [5, 5.41) is 13.1. The van der Waals surface area contributed by atoms with Crippen LogP contribution in [0.25, 0.3) is 0 Å². The Hall–Kier alpha value is -1.40. The summed E-state index contributed by atoms with van der Waals surface area (Å²) in [5.41, 5.74) is 0. The van der Waals surface area contributed by atoms with Crippen LogP contribution >= 0.6 is 11.3 Å². The van der Waals surface area contributed by atoms with E-state index in [1.807, 2.05) is 0 Å². The highest BCUT2D eigenvalue weighted by atomic mass is 32.1. The van der Waals surface area contributed by atoms with Crippen LogP contribution in [0.1, 0.15) is 16.6 Å². The number of nitrogens with zero attached hydrogens (tertiary/aromatic N) is 1. The average Bonchev–Trinajstić information content (AvgIpc) is 2.81. The van der Waals surface area contributed by atoms with Crippen LogP contribution < -0.4 is 5.32 Å². The van der Waals surface area contributed by atoms with E-state index in [-0.39, 0.29) is 25.0 Å². The van der Waals surface area contributed by atoms with Gasteiger partial charge in [0.2, 0.25) is 5.91 Å². The second kappa shape index (κ2) is 6.36. The molecular formula is C11H16N2O3S. The van der Waals surface area contributed by atoms with Crippen molar-refractivity contribution in [3.05, 3.63) is 22.4 Å². The number of rotatable bonds is 5. The smallest absolute Gasteiger partial charge is 0.261 e. The number of likely N-dealkylation sites (N-methyl/N-ethyl adjacent to an activating group) is 1. The van der Waals surface area contributed by atoms with Crippen LogP contribution in [0, 0.1) is 0 Å². The number of carbonyl (C=O) groups is 2. The molecule has 94 valence electrons. The SMILES string of the molecule is CC(NC(=O)c1cccs1)C(=O)N(C)CCO. The van der Waals surface area contributed by atoms with E-state index < -0.39 is 6.04 Å². The predicted octanol–water partition coefficient (Wildman–Crippen LogP) is 0.317. The van der Waals surface area contributed by atoms with Crippen molar-refractivity contribution in [2.75, 3.05) is 20.2 Å². The molecule has 0 aromatic carbocycles.